The highest BCUT2D eigenvalue weighted by atomic mass is 16.5. The molecule has 2 N–H and O–H groups in total. The third kappa shape index (κ3) is 2.76. The Kier molecular flexibility index (Phi) is 3.33. The van der Waals surface area contributed by atoms with E-state index in [2.05, 4.69) is 10.3 Å². The monoisotopic (exact) mass is 240 g/mol. The standard InChI is InChI=1S/C11H16N2O4/c1-2-16-9(15)8-5-17-10(13-8)12-6-11(7-14)3-4-11/h5,14H,2-4,6-7H2,1H3,(H,12,13). The maximum atomic E-state index is 11.3. The molecule has 0 unspecified atom stereocenters. The second-order valence-electron chi connectivity index (χ2n) is 4.27. The van der Waals surface area contributed by atoms with Crippen molar-refractivity contribution in [2.45, 2.75) is 19.8 Å². The number of esters is 1. The van der Waals surface area contributed by atoms with Crippen LogP contribution in [0, 0.1) is 5.41 Å². The highest BCUT2D eigenvalue weighted by Gasteiger charge is 2.42. The summed E-state index contributed by atoms with van der Waals surface area (Å²) in [7, 11) is 0. The fraction of sp³-hybridized carbons (Fsp3) is 0.636. The Balaban J connectivity index is 1.88. The summed E-state index contributed by atoms with van der Waals surface area (Å²) < 4.78 is 9.89. The molecule has 6 nitrogen and oxygen atoms in total. The van der Waals surface area contributed by atoms with Crippen LogP contribution in [0.15, 0.2) is 10.7 Å². The van der Waals surface area contributed by atoms with Gasteiger partial charge < -0.3 is 19.6 Å². The van der Waals surface area contributed by atoms with Crippen LogP contribution >= 0.6 is 0 Å². The van der Waals surface area contributed by atoms with Gasteiger partial charge in [0.15, 0.2) is 5.69 Å². The number of carbonyl (C=O) groups is 1. The van der Waals surface area contributed by atoms with E-state index in [1.54, 1.807) is 6.92 Å². The third-order valence-corrected chi connectivity index (χ3v) is 2.90. The van der Waals surface area contributed by atoms with E-state index in [-0.39, 0.29) is 23.7 Å². The fourth-order valence-electron chi connectivity index (χ4n) is 1.48. The Morgan fingerprint density at radius 1 is 1.71 bits per heavy atom. The van der Waals surface area contributed by atoms with Gasteiger partial charge in [-0.15, -0.1) is 0 Å². The maximum absolute atomic E-state index is 11.3. The number of nitrogens with zero attached hydrogens (tertiary/aromatic N) is 1. The molecule has 17 heavy (non-hydrogen) atoms. The first kappa shape index (κ1) is 11.9. The molecule has 1 aliphatic rings. The normalized spacial score (nSPS) is 16.6. The summed E-state index contributed by atoms with van der Waals surface area (Å²) >= 11 is 0. The van der Waals surface area contributed by atoms with Crippen LogP contribution in [0.3, 0.4) is 0 Å². The van der Waals surface area contributed by atoms with Crippen molar-refractivity contribution in [1.82, 2.24) is 4.98 Å². The molecule has 0 aromatic carbocycles. The molecule has 1 aromatic heterocycles. The van der Waals surface area contributed by atoms with Crippen LogP contribution in [-0.4, -0.2) is 35.8 Å². The first-order valence-electron chi connectivity index (χ1n) is 5.66. The molecule has 0 spiro atoms. The Morgan fingerprint density at radius 3 is 3.06 bits per heavy atom. The topological polar surface area (TPSA) is 84.6 Å². The second-order valence-corrected chi connectivity index (χ2v) is 4.27. The minimum atomic E-state index is -0.493. The van der Waals surface area contributed by atoms with Gasteiger partial charge in [0, 0.05) is 12.0 Å². The average Bonchev–Trinajstić information content (AvgIpc) is 2.96. The van der Waals surface area contributed by atoms with Crippen LogP contribution in [0.2, 0.25) is 0 Å². The number of hydrogen-bond acceptors (Lipinski definition) is 6. The lowest BCUT2D eigenvalue weighted by Crippen LogP contribution is -2.19. The molecule has 0 bridgehead atoms. The van der Waals surface area contributed by atoms with Gasteiger partial charge in [0.25, 0.3) is 6.01 Å². The summed E-state index contributed by atoms with van der Waals surface area (Å²) in [6, 6.07) is 0.285. The van der Waals surface area contributed by atoms with E-state index in [0.29, 0.717) is 13.2 Å². The minimum absolute atomic E-state index is 0.0292. The molecule has 1 aliphatic carbocycles. The Labute approximate surface area is 99.0 Å². The minimum Gasteiger partial charge on any atom is -0.461 e. The lowest BCUT2D eigenvalue weighted by molar-refractivity contribution is 0.0519. The number of hydrogen-bond donors (Lipinski definition) is 2. The lowest BCUT2D eigenvalue weighted by atomic mass is 10.1. The van der Waals surface area contributed by atoms with Crippen LogP contribution in [0.1, 0.15) is 30.3 Å². The predicted molar refractivity (Wildman–Crippen MR) is 59.7 cm³/mol. The second kappa shape index (κ2) is 4.75. The van der Waals surface area contributed by atoms with E-state index in [1.807, 2.05) is 0 Å². The number of aromatic nitrogens is 1. The Morgan fingerprint density at radius 2 is 2.47 bits per heavy atom. The molecular weight excluding hydrogens is 224 g/mol. The van der Waals surface area contributed by atoms with E-state index < -0.39 is 5.97 Å². The molecule has 0 radical (unpaired) electrons. The lowest BCUT2D eigenvalue weighted by Gasteiger charge is -2.10. The quantitative estimate of drug-likeness (QED) is 0.722. The van der Waals surface area contributed by atoms with Crippen LogP contribution < -0.4 is 5.32 Å². The molecule has 0 atom stereocenters. The van der Waals surface area contributed by atoms with E-state index in [1.165, 1.54) is 6.26 Å². The first-order chi connectivity index (χ1) is 8.19. The fourth-order valence-corrected chi connectivity index (χ4v) is 1.48. The molecule has 0 amide bonds. The van der Waals surface area contributed by atoms with Crippen molar-refractivity contribution in [3.8, 4) is 0 Å². The van der Waals surface area contributed by atoms with Crippen molar-refractivity contribution in [2.75, 3.05) is 25.1 Å². The number of aliphatic hydroxyl groups excluding tert-OH is 1. The van der Waals surface area contributed by atoms with Crippen LogP contribution in [0.4, 0.5) is 6.01 Å². The molecule has 94 valence electrons. The van der Waals surface area contributed by atoms with Gasteiger partial charge >= 0.3 is 5.97 Å². The van der Waals surface area contributed by atoms with Gasteiger partial charge in [-0.25, -0.2) is 4.79 Å². The average molecular weight is 240 g/mol. The molecule has 2 rings (SSSR count). The van der Waals surface area contributed by atoms with Gasteiger partial charge in [0.2, 0.25) is 0 Å². The molecule has 1 saturated carbocycles. The molecule has 6 heteroatoms. The Bertz CT molecular complexity index is 398. The summed E-state index contributed by atoms with van der Waals surface area (Å²) in [6.07, 6.45) is 3.27. The molecular formula is C11H16N2O4. The van der Waals surface area contributed by atoms with Crippen LogP contribution in [-0.2, 0) is 4.74 Å². The number of ether oxygens (including phenoxy) is 1. The highest BCUT2D eigenvalue weighted by Crippen LogP contribution is 2.44. The van der Waals surface area contributed by atoms with Gasteiger partial charge in [0.1, 0.15) is 6.26 Å². The number of rotatable bonds is 6. The van der Waals surface area contributed by atoms with Gasteiger partial charge in [-0.05, 0) is 19.8 Å². The van der Waals surface area contributed by atoms with Crippen molar-refractivity contribution in [1.29, 1.82) is 0 Å². The smallest absolute Gasteiger partial charge is 0.360 e. The van der Waals surface area contributed by atoms with Crippen LogP contribution in [0.25, 0.3) is 0 Å². The van der Waals surface area contributed by atoms with Crippen molar-refractivity contribution in [3.63, 3.8) is 0 Å². The molecule has 0 aliphatic heterocycles. The van der Waals surface area contributed by atoms with Gasteiger partial charge in [-0.3, -0.25) is 0 Å². The van der Waals surface area contributed by atoms with Crippen molar-refractivity contribution < 1.29 is 19.1 Å². The highest BCUT2D eigenvalue weighted by molar-refractivity contribution is 5.87. The van der Waals surface area contributed by atoms with E-state index in [0.717, 1.165) is 12.8 Å². The number of carbonyl (C=O) groups excluding carboxylic acids is 1. The number of oxazole rings is 1. The Hall–Kier alpha value is -1.56. The zero-order valence-electron chi connectivity index (χ0n) is 9.73. The summed E-state index contributed by atoms with van der Waals surface area (Å²) in [5.41, 5.74) is 0.127. The molecule has 1 fully saturated rings. The number of nitrogens with one attached hydrogen (secondary N) is 1. The summed E-state index contributed by atoms with van der Waals surface area (Å²) in [6.45, 7) is 2.80. The summed E-state index contributed by atoms with van der Waals surface area (Å²) in [5.74, 6) is -0.493. The maximum Gasteiger partial charge on any atom is 0.360 e. The number of aliphatic hydroxyl groups is 1. The van der Waals surface area contributed by atoms with E-state index >= 15 is 0 Å². The number of anilines is 1. The van der Waals surface area contributed by atoms with E-state index in [4.69, 9.17) is 14.3 Å². The summed E-state index contributed by atoms with van der Waals surface area (Å²) in [5, 5.41) is 12.1. The predicted octanol–water partition coefficient (Wildman–Crippen LogP) is 1.04. The van der Waals surface area contributed by atoms with Gasteiger partial charge in [-0.1, -0.05) is 0 Å². The molecule has 1 aromatic rings. The first-order valence-corrected chi connectivity index (χ1v) is 5.66. The zero-order valence-corrected chi connectivity index (χ0v) is 9.73. The van der Waals surface area contributed by atoms with Crippen molar-refractivity contribution in [2.24, 2.45) is 5.41 Å². The summed E-state index contributed by atoms with van der Waals surface area (Å²) in [4.78, 5) is 15.3. The third-order valence-electron chi connectivity index (χ3n) is 2.90. The largest absolute Gasteiger partial charge is 0.461 e. The molecule has 1 heterocycles. The van der Waals surface area contributed by atoms with Crippen molar-refractivity contribution >= 4 is 12.0 Å². The van der Waals surface area contributed by atoms with Gasteiger partial charge in [-0.2, -0.15) is 4.98 Å². The van der Waals surface area contributed by atoms with Crippen LogP contribution in [0.5, 0.6) is 0 Å². The SMILES string of the molecule is CCOC(=O)c1coc(NCC2(CO)CC2)n1. The van der Waals surface area contributed by atoms with Crippen molar-refractivity contribution in [3.05, 3.63) is 12.0 Å². The molecule has 0 saturated heterocycles. The van der Waals surface area contributed by atoms with E-state index in [9.17, 15) is 4.79 Å². The van der Waals surface area contributed by atoms with Gasteiger partial charge in [0.05, 0.1) is 13.2 Å². The zero-order chi connectivity index (χ0) is 12.3.